The third kappa shape index (κ3) is 4.88. The Balaban J connectivity index is 1.74. The van der Waals surface area contributed by atoms with Gasteiger partial charge in [-0.25, -0.2) is 35.5 Å². The van der Waals surface area contributed by atoms with Crippen molar-refractivity contribution in [2.24, 2.45) is 0 Å². The number of benzene rings is 2. The number of sulfonamides is 1. The lowest BCUT2D eigenvalue weighted by Gasteiger charge is -2.37. The first kappa shape index (κ1) is 25.4. The molecule has 2 atom stereocenters. The van der Waals surface area contributed by atoms with Crippen LogP contribution >= 0.6 is 0 Å². The lowest BCUT2D eigenvalue weighted by atomic mass is 9.94. The first-order chi connectivity index (χ1) is 16.4. The van der Waals surface area contributed by atoms with Crippen LogP contribution in [0.1, 0.15) is 24.5 Å². The van der Waals surface area contributed by atoms with Crippen molar-refractivity contribution in [2.45, 2.75) is 44.7 Å². The van der Waals surface area contributed by atoms with Gasteiger partial charge in [-0.05, 0) is 37.8 Å². The van der Waals surface area contributed by atoms with Gasteiger partial charge in [-0.1, -0.05) is 36.4 Å². The molecule has 0 unspecified atom stereocenters. The second-order valence-corrected chi connectivity index (χ2v) is 11.0. The number of carbonyl (C=O) groups is 1. The van der Waals surface area contributed by atoms with Gasteiger partial charge < -0.3 is 9.80 Å². The van der Waals surface area contributed by atoms with Gasteiger partial charge in [-0.15, -0.1) is 0 Å². The maximum absolute atomic E-state index is 15.6. The molecule has 2 fully saturated rings. The van der Waals surface area contributed by atoms with Gasteiger partial charge in [0.15, 0.2) is 0 Å². The second kappa shape index (κ2) is 9.42. The number of carbonyl (C=O) groups excluding carboxylic acids is 1. The Morgan fingerprint density at radius 1 is 1.09 bits per heavy atom. The molecule has 2 saturated heterocycles. The zero-order valence-corrected chi connectivity index (χ0v) is 20.2. The van der Waals surface area contributed by atoms with Crippen molar-refractivity contribution in [3.05, 3.63) is 59.2 Å². The lowest BCUT2D eigenvalue weighted by molar-refractivity contribution is -0.00560. The molecule has 2 aliphatic rings. The zero-order chi connectivity index (χ0) is 25.5. The van der Waals surface area contributed by atoms with E-state index in [2.05, 4.69) is 0 Å². The Hall–Kier alpha value is -2.66. The molecule has 2 heterocycles. The summed E-state index contributed by atoms with van der Waals surface area (Å²) in [5.74, 6) is -5.40. The van der Waals surface area contributed by atoms with E-state index in [9.17, 15) is 17.6 Å². The van der Waals surface area contributed by atoms with E-state index in [-0.39, 0.29) is 23.1 Å². The minimum atomic E-state index is -4.06. The van der Waals surface area contributed by atoms with Crippen LogP contribution in [0.2, 0.25) is 0 Å². The Labute approximate surface area is 202 Å². The van der Waals surface area contributed by atoms with Gasteiger partial charge >= 0.3 is 6.03 Å². The van der Waals surface area contributed by atoms with Gasteiger partial charge in [0.05, 0.1) is 18.3 Å². The highest BCUT2D eigenvalue weighted by molar-refractivity contribution is 7.89. The molecule has 0 bridgehead atoms. The summed E-state index contributed by atoms with van der Waals surface area (Å²) in [5, 5.41) is 0. The number of hydrogen-bond donors (Lipinski definition) is 1. The first-order valence-corrected chi connectivity index (χ1v) is 13.1. The van der Waals surface area contributed by atoms with Crippen LogP contribution in [-0.2, 0) is 16.4 Å². The minimum absolute atomic E-state index is 0.0202. The third-order valence-corrected chi connectivity index (χ3v) is 8.04. The summed E-state index contributed by atoms with van der Waals surface area (Å²) >= 11 is 0. The SMILES string of the molecule is CCS(=O)(=O)N[C@@H]1[C@H](Cc2cccc(-c3cccc(C)c3F)c2F)N(C(=O)N2CCC2)CC1(F)F. The average Bonchev–Trinajstić information content (AvgIpc) is 3.00. The lowest BCUT2D eigenvalue weighted by Crippen LogP contribution is -2.55. The predicted molar refractivity (Wildman–Crippen MR) is 124 cm³/mol. The number of urea groups is 1. The molecule has 2 aromatic carbocycles. The maximum Gasteiger partial charge on any atom is 0.320 e. The molecular weight excluding hydrogens is 486 g/mol. The van der Waals surface area contributed by atoms with Gasteiger partial charge in [0, 0.05) is 24.2 Å². The Morgan fingerprint density at radius 3 is 2.31 bits per heavy atom. The molecule has 4 rings (SSSR count). The second-order valence-electron chi connectivity index (χ2n) is 9.00. The molecule has 190 valence electrons. The fraction of sp³-hybridized carbons (Fsp3) is 0.458. The van der Waals surface area contributed by atoms with Crippen LogP contribution in [0.3, 0.4) is 0 Å². The smallest absolute Gasteiger partial charge is 0.320 e. The van der Waals surface area contributed by atoms with Gasteiger partial charge in [-0.2, -0.15) is 0 Å². The largest absolute Gasteiger partial charge is 0.325 e. The number of nitrogens with zero attached hydrogens (tertiary/aromatic N) is 2. The van der Waals surface area contributed by atoms with Crippen molar-refractivity contribution in [1.82, 2.24) is 14.5 Å². The molecule has 0 aromatic heterocycles. The molecule has 35 heavy (non-hydrogen) atoms. The minimum Gasteiger partial charge on any atom is -0.325 e. The first-order valence-electron chi connectivity index (χ1n) is 11.4. The van der Waals surface area contributed by atoms with Crippen molar-refractivity contribution in [3.8, 4) is 11.1 Å². The number of aryl methyl sites for hydroxylation is 1. The van der Waals surface area contributed by atoms with Crippen LogP contribution in [0.5, 0.6) is 0 Å². The molecule has 2 aliphatic heterocycles. The molecule has 11 heteroatoms. The van der Waals surface area contributed by atoms with Gasteiger partial charge in [0.1, 0.15) is 17.7 Å². The average molecular weight is 514 g/mol. The molecule has 1 N–H and O–H groups in total. The van der Waals surface area contributed by atoms with Gasteiger partial charge in [-0.3, -0.25) is 0 Å². The molecule has 0 aliphatic carbocycles. The number of likely N-dealkylation sites (tertiary alicyclic amines) is 2. The quantitative estimate of drug-likeness (QED) is 0.595. The van der Waals surface area contributed by atoms with Crippen LogP contribution in [0, 0.1) is 18.6 Å². The monoisotopic (exact) mass is 513 g/mol. The van der Waals surface area contributed by atoms with Crippen molar-refractivity contribution in [1.29, 1.82) is 0 Å². The number of halogens is 4. The molecule has 6 nitrogen and oxygen atoms in total. The van der Waals surface area contributed by atoms with Gasteiger partial charge in [0.25, 0.3) is 5.92 Å². The standard InChI is InChI=1S/C24H27F4N3O3S/c1-3-35(33,34)29-22-19(31(14-24(22,27)28)23(32)30-11-6-12-30)13-16-8-5-10-18(21(16)26)17-9-4-7-15(2)20(17)25/h4-5,7-10,19,22,29H,3,6,11-14H2,1-2H3/t19-,22+/m0/s1. The Kier molecular flexibility index (Phi) is 6.85. The Morgan fingerprint density at radius 2 is 1.71 bits per heavy atom. The summed E-state index contributed by atoms with van der Waals surface area (Å²) < 4.78 is 86.9. The van der Waals surface area contributed by atoms with Crippen LogP contribution in [0.25, 0.3) is 11.1 Å². The summed E-state index contributed by atoms with van der Waals surface area (Å²) in [6.07, 6.45) is 0.366. The van der Waals surface area contributed by atoms with Crippen LogP contribution in [0.4, 0.5) is 22.4 Å². The highest BCUT2D eigenvalue weighted by Crippen LogP contribution is 2.37. The number of rotatable bonds is 6. The molecule has 2 amide bonds. The fourth-order valence-corrected chi connectivity index (χ4v) is 5.38. The predicted octanol–water partition coefficient (Wildman–Crippen LogP) is 3.94. The van der Waals surface area contributed by atoms with E-state index < -0.39 is 58.0 Å². The van der Waals surface area contributed by atoms with Crippen LogP contribution < -0.4 is 4.72 Å². The summed E-state index contributed by atoms with van der Waals surface area (Å²) in [5.41, 5.74) is 0.286. The molecule has 0 saturated carbocycles. The maximum atomic E-state index is 15.6. The third-order valence-electron chi connectivity index (χ3n) is 6.67. The van der Waals surface area contributed by atoms with E-state index in [0.29, 0.717) is 18.7 Å². The number of hydrogen-bond acceptors (Lipinski definition) is 3. The summed E-state index contributed by atoms with van der Waals surface area (Å²) in [4.78, 5) is 15.3. The highest BCUT2D eigenvalue weighted by Gasteiger charge is 2.57. The fourth-order valence-electron chi connectivity index (χ4n) is 4.50. The molecule has 0 spiro atoms. The van der Waals surface area contributed by atoms with Crippen molar-refractivity contribution in [3.63, 3.8) is 0 Å². The Bertz CT molecular complexity index is 1230. The zero-order valence-electron chi connectivity index (χ0n) is 19.4. The highest BCUT2D eigenvalue weighted by atomic mass is 32.2. The number of nitrogens with one attached hydrogen (secondary N) is 1. The normalized spacial score (nSPS) is 21.8. The number of alkyl halides is 2. The van der Waals surface area contributed by atoms with Crippen molar-refractivity contribution < 1.29 is 30.8 Å². The summed E-state index contributed by atoms with van der Waals surface area (Å²) in [6, 6.07) is 4.89. The topological polar surface area (TPSA) is 69.7 Å². The van der Waals surface area contributed by atoms with E-state index in [1.54, 1.807) is 19.1 Å². The van der Waals surface area contributed by atoms with E-state index in [0.717, 1.165) is 11.3 Å². The van der Waals surface area contributed by atoms with Crippen LogP contribution in [0.15, 0.2) is 36.4 Å². The molecular formula is C24H27F4N3O3S. The van der Waals surface area contributed by atoms with Crippen molar-refractivity contribution >= 4 is 16.1 Å². The summed E-state index contributed by atoms with van der Waals surface area (Å²) in [7, 11) is -4.06. The van der Waals surface area contributed by atoms with E-state index in [1.165, 1.54) is 36.1 Å². The molecule has 0 radical (unpaired) electrons. The number of amides is 2. The van der Waals surface area contributed by atoms with Crippen molar-refractivity contribution in [2.75, 3.05) is 25.4 Å². The molecule has 2 aromatic rings. The van der Waals surface area contributed by atoms with Crippen LogP contribution in [-0.4, -0.2) is 67.6 Å². The van der Waals surface area contributed by atoms with E-state index in [1.807, 2.05) is 4.72 Å². The van der Waals surface area contributed by atoms with E-state index in [4.69, 9.17) is 0 Å². The summed E-state index contributed by atoms with van der Waals surface area (Å²) in [6.45, 7) is 2.69. The van der Waals surface area contributed by atoms with Gasteiger partial charge in [0.2, 0.25) is 10.0 Å². The van der Waals surface area contributed by atoms with E-state index >= 15 is 13.2 Å².